The Morgan fingerprint density at radius 3 is 2.32 bits per heavy atom. The second-order valence-corrected chi connectivity index (χ2v) is 12.4. The molecule has 38 heavy (non-hydrogen) atoms. The minimum Gasteiger partial charge on any atom is -0.496 e. The Morgan fingerprint density at radius 1 is 1.08 bits per heavy atom. The molecule has 4 unspecified atom stereocenters. The summed E-state index contributed by atoms with van der Waals surface area (Å²) < 4.78 is 11.6. The zero-order valence-electron chi connectivity index (χ0n) is 22.9. The van der Waals surface area contributed by atoms with Crippen LogP contribution in [0.15, 0.2) is 12.1 Å². The van der Waals surface area contributed by atoms with Crippen LogP contribution < -0.4 is 20.1 Å². The van der Waals surface area contributed by atoms with Gasteiger partial charge in [0.1, 0.15) is 17.6 Å². The molecule has 0 heterocycles. The van der Waals surface area contributed by atoms with E-state index in [0.717, 1.165) is 19.3 Å². The number of carboxylic acids is 1. The lowest BCUT2D eigenvalue weighted by Crippen LogP contribution is -2.53. The van der Waals surface area contributed by atoms with Gasteiger partial charge in [0.05, 0.1) is 35.7 Å². The summed E-state index contributed by atoms with van der Waals surface area (Å²) in [6.45, 7) is 7.59. The highest BCUT2D eigenvalue weighted by Crippen LogP contribution is 2.49. The summed E-state index contributed by atoms with van der Waals surface area (Å²) in [6, 6.07) is 4.87. The van der Waals surface area contributed by atoms with E-state index in [4.69, 9.17) is 9.47 Å². The lowest BCUT2D eigenvalue weighted by Gasteiger charge is -2.34. The van der Waals surface area contributed by atoms with Gasteiger partial charge in [-0.15, -0.1) is 0 Å². The van der Waals surface area contributed by atoms with Gasteiger partial charge in [-0.05, 0) is 90.5 Å². The molecule has 3 N–H and O–H groups in total. The summed E-state index contributed by atoms with van der Waals surface area (Å²) in [4.78, 5) is 38.3. The van der Waals surface area contributed by atoms with E-state index in [9.17, 15) is 24.8 Å². The molecule has 2 amide bonds. The Labute approximate surface area is 224 Å². The number of carbonyl (C=O) groups excluding carboxylic acids is 2. The van der Waals surface area contributed by atoms with E-state index in [2.05, 4.69) is 16.7 Å². The second kappa shape index (κ2) is 10.5. The van der Waals surface area contributed by atoms with Gasteiger partial charge < -0.3 is 25.2 Å². The van der Waals surface area contributed by atoms with Crippen LogP contribution in [0.1, 0.15) is 88.6 Å². The Morgan fingerprint density at radius 2 is 1.74 bits per heavy atom. The van der Waals surface area contributed by atoms with Gasteiger partial charge in [-0.2, -0.15) is 5.26 Å². The van der Waals surface area contributed by atoms with E-state index < -0.39 is 11.4 Å². The van der Waals surface area contributed by atoms with E-state index in [0.29, 0.717) is 25.7 Å². The Bertz CT molecular complexity index is 1140. The van der Waals surface area contributed by atoms with Crippen molar-refractivity contribution in [2.75, 3.05) is 7.11 Å². The van der Waals surface area contributed by atoms with Crippen molar-refractivity contribution in [2.45, 2.75) is 90.3 Å². The number of carbonyl (C=O) groups is 3. The van der Waals surface area contributed by atoms with Crippen molar-refractivity contribution < 1.29 is 29.0 Å². The molecule has 3 aliphatic rings. The first-order chi connectivity index (χ1) is 17.8. The molecule has 0 aliphatic heterocycles. The van der Waals surface area contributed by atoms with Crippen LogP contribution in [-0.2, 0) is 9.59 Å². The number of amides is 2. The van der Waals surface area contributed by atoms with Crippen molar-refractivity contribution in [2.24, 2.45) is 23.2 Å². The van der Waals surface area contributed by atoms with E-state index in [1.54, 1.807) is 6.92 Å². The third-order valence-electron chi connectivity index (χ3n) is 8.53. The predicted octanol–water partition coefficient (Wildman–Crippen LogP) is 4.04. The average Bonchev–Trinajstić information content (AvgIpc) is 3.46. The lowest BCUT2D eigenvalue weighted by atomic mass is 9.75. The van der Waals surface area contributed by atoms with Gasteiger partial charge in [0.25, 0.3) is 5.91 Å². The Balaban J connectivity index is 1.54. The topological polar surface area (TPSA) is 138 Å². The molecule has 2 bridgehead atoms. The first-order valence-electron chi connectivity index (χ1n) is 13.5. The fourth-order valence-electron chi connectivity index (χ4n) is 6.39. The molecular weight excluding hydrogens is 486 g/mol. The van der Waals surface area contributed by atoms with Crippen LogP contribution in [0.3, 0.4) is 0 Å². The number of rotatable bonds is 7. The number of hydrogen-bond acceptors (Lipinski definition) is 6. The van der Waals surface area contributed by atoms with E-state index >= 15 is 0 Å². The normalized spacial score (nSPS) is 30.3. The maximum Gasteiger partial charge on any atom is 0.309 e. The molecule has 0 spiro atoms. The molecule has 0 aromatic heterocycles. The standard InChI is InChI=1S/C29H39N3O6/c1-28(2,3)32-26(34)23-16-6-7-17(12-16)24(23)31-25(33)20-14-21(18(15-30)13-22(20)37-5)38-19-8-10-29(4,11-9-19)27(35)36/h13-14,16-17,19,23-24H,6-12H2,1-5H3,(H,31,33)(H,32,34)(H,35,36). The molecule has 1 aromatic carbocycles. The number of fused-ring (bicyclic) bond motifs is 2. The molecule has 9 heteroatoms. The van der Waals surface area contributed by atoms with Gasteiger partial charge in [-0.1, -0.05) is 0 Å². The van der Waals surface area contributed by atoms with Crippen LogP contribution in [0, 0.1) is 34.5 Å². The number of ether oxygens (including phenoxy) is 2. The van der Waals surface area contributed by atoms with Crippen molar-refractivity contribution in [1.29, 1.82) is 5.26 Å². The molecule has 9 nitrogen and oxygen atoms in total. The highest BCUT2D eigenvalue weighted by atomic mass is 16.5. The van der Waals surface area contributed by atoms with Crippen molar-refractivity contribution in [1.82, 2.24) is 10.6 Å². The highest BCUT2D eigenvalue weighted by Gasteiger charge is 2.52. The highest BCUT2D eigenvalue weighted by molar-refractivity contribution is 5.98. The van der Waals surface area contributed by atoms with Crippen LogP contribution >= 0.6 is 0 Å². The summed E-state index contributed by atoms with van der Waals surface area (Å²) in [5.41, 5.74) is -0.658. The second-order valence-electron chi connectivity index (χ2n) is 12.4. The number of hydrogen-bond donors (Lipinski definition) is 3. The minimum absolute atomic E-state index is 0.0310. The van der Waals surface area contributed by atoms with Crippen LogP contribution in [-0.4, -0.2) is 47.7 Å². The Kier molecular flexibility index (Phi) is 7.64. The molecule has 1 aromatic rings. The van der Waals surface area contributed by atoms with Gasteiger partial charge in [-0.25, -0.2) is 0 Å². The summed E-state index contributed by atoms with van der Waals surface area (Å²) in [7, 11) is 1.44. The van der Waals surface area contributed by atoms with E-state index in [1.165, 1.54) is 19.2 Å². The maximum absolute atomic E-state index is 13.6. The van der Waals surface area contributed by atoms with Crippen molar-refractivity contribution in [3.8, 4) is 17.6 Å². The first kappa shape index (κ1) is 27.7. The molecule has 4 rings (SSSR count). The third kappa shape index (κ3) is 5.59. The molecular formula is C29H39N3O6. The van der Waals surface area contributed by atoms with Crippen molar-refractivity contribution in [3.05, 3.63) is 23.3 Å². The SMILES string of the molecule is COc1cc(C#N)c(OC2CCC(C)(C(=O)O)CC2)cc1C(=O)NC1C2CCC(C2)C1C(=O)NC(C)(C)C. The minimum atomic E-state index is -0.813. The van der Waals surface area contributed by atoms with Gasteiger partial charge >= 0.3 is 5.97 Å². The zero-order valence-corrected chi connectivity index (χ0v) is 22.9. The van der Waals surface area contributed by atoms with Crippen molar-refractivity contribution in [3.63, 3.8) is 0 Å². The summed E-state index contributed by atoms with van der Waals surface area (Å²) >= 11 is 0. The molecule has 3 fully saturated rings. The van der Waals surface area contributed by atoms with Crippen molar-refractivity contribution >= 4 is 17.8 Å². The quantitative estimate of drug-likeness (QED) is 0.488. The number of nitrogens with zero attached hydrogens (tertiary/aromatic N) is 1. The first-order valence-corrected chi connectivity index (χ1v) is 13.5. The number of nitriles is 1. The van der Waals surface area contributed by atoms with Crippen LogP contribution in [0.25, 0.3) is 0 Å². The van der Waals surface area contributed by atoms with Gasteiger partial charge in [-0.3, -0.25) is 14.4 Å². The summed E-state index contributed by atoms with van der Waals surface area (Å²) in [5, 5.41) is 25.5. The monoisotopic (exact) mass is 525 g/mol. The third-order valence-corrected chi connectivity index (χ3v) is 8.53. The number of carboxylic acid groups (broad SMARTS) is 1. The molecule has 4 atom stereocenters. The average molecular weight is 526 g/mol. The van der Waals surface area contributed by atoms with Crippen LogP contribution in [0.5, 0.6) is 11.5 Å². The van der Waals surface area contributed by atoms with Gasteiger partial charge in [0, 0.05) is 17.6 Å². The number of benzene rings is 1. The molecule has 3 aliphatic carbocycles. The number of methoxy groups -OCH3 is 1. The lowest BCUT2D eigenvalue weighted by molar-refractivity contribution is -0.150. The fourth-order valence-corrected chi connectivity index (χ4v) is 6.39. The number of aliphatic carboxylic acids is 1. The summed E-state index contributed by atoms with van der Waals surface area (Å²) in [6.07, 6.45) is 4.65. The largest absolute Gasteiger partial charge is 0.496 e. The smallest absolute Gasteiger partial charge is 0.309 e. The van der Waals surface area contributed by atoms with Gasteiger partial charge in [0.2, 0.25) is 5.91 Å². The van der Waals surface area contributed by atoms with Crippen LogP contribution in [0.4, 0.5) is 0 Å². The molecule has 0 radical (unpaired) electrons. The molecule has 3 saturated carbocycles. The van der Waals surface area contributed by atoms with Gasteiger partial charge in [0.15, 0.2) is 0 Å². The number of nitrogens with one attached hydrogen (secondary N) is 2. The molecule has 0 saturated heterocycles. The predicted molar refractivity (Wildman–Crippen MR) is 140 cm³/mol. The van der Waals surface area contributed by atoms with E-state index in [-0.39, 0.29) is 69.9 Å². The fraction of sp³-hybridized carbons (Fsp3) is 0.655. The molecule has 206 valence electrons. The Hall–Kier alpha value is -3.28. The zero-order chi connectivity index (χ0) is 27.8. The van der Waals surface area contributed by atoms with E-state index in [1.807, 2.05) is 20.8 Å². The van der Waals surface area contributed by atoms with Crippen LogP contribution in [0.2, 0.25) is 0 Å². The summed E-state index contributed by atoms with van der Waals surface area (Å²) in [5.74, 6) is -0.483. The maximum atomic E-state index is 13.6.